The van der Waals surface area contributed by atoms with Gasteiger partial charge in [-0.1, -0.05) is 39.7 Å². The molecule has 0 bridgehead atoms. The number of piperazine rings is 1. The molecule has 2 aromatic rings. The van der Waals surface area contributed by atoms with Crippen molar-refractivity contribution in [2.45, 2.75) is 20.3 Å². The fourth-order valence-corrected chi connectivity index (χ4v) is 4.11. The number of ether oxygens (including phenoxy) is 1. The summed E-state index contributed by atoms with van der Waals surface area (Å²) in [6, 6.07) is 11.9. The molecule has 0 unspecified atom stereocenters. The maximum Gasteiger partial charge on any atom is 0.317 e. The molecule has 7 heteroatoms. The number of aryl methyl sites for hydroxylation is 1. The minimum atomic E-state index is -0.00714. The van der Waals surface area contributed by atoms with Gasteiger partial charge >= 0.3 is 6.03 Å². The summed E-state index contributed by atoms with van der Waals surface area (Å²) in [6.07, 6.45) is 0.723. The third-order valence-electron chi connectivity index (χ3n) is 5.23. The highest BCUT2D eigenvalue weighted by Gasteiger charge is 2.22. The summed E-state index contributed by atoms with van der Waals surface area (Å²) in [5.74, 6) is 0.656. The van der Waals surface area contributed by atoms with Gasteiger partial charge in [-0.15, -0.1) is 0 Å². The van der Waals surface area contributed by atoms with Crippen LogP contribution in [0, 0.1) is 13.8 Å². The summed E-state index contributed by atoms with van der Waals surface area (Å²) in [6.45, 7) is 8.52. The Bertz CT molecular complexity index is 854. The highest BCUT2D eigenvalue weighted by Crippen LogP contribution is 2.27. The van der Waals surface area contributed by atoms with Crippen molar-refractivity contribution in [3.63, 3.8) is 0 Å². The third kappa shape index (κ3) is 5.80. The molecule has 1 N–H and O–H groups in total. The molecular weight excluding hydrogens is 454 g/mol. The Morgan fingerprint density at radius 3 is 2.66 bits per heavy atom. The molecule has 0 saturated carbocycles. The predicted molar refractivity (Wildman–Crippen MR) is 122 cm³/mol. The van der Waals surface area contributed by atoms with Crippen LogP contribution in [-0.4, -0.2) is 50.3 Å². The van der Waals surface area contributed by atoms with Crippen LogP contribution in [-0.2, 0) is 0 Å². The molecule has 1 fully saturated rings. The van der Waals surface area contributed by atoms with Crippen molar-refractivity contribution in [1.29, 1.82) is 0 Å². The van der Waals surface area contributed by atoms with Crippen molar-refractivity contribution >= 4 is 39.2 Å². The highest BCUT2D eigenvalue weighted by atomic mass is 79.9. The Hall–Kier alpha value is -1.92. The molecule has 5 nitrogen and oxygen atoms in total. The number of benzene rings is 2. The smallest absolute Gasteiger partial charge is 0.317 e. The topological polar surface area (TPSA) is 44.8 Å². The Morgan fingerprint density at radius 2 is 1.93 bits per heavy atom. The van der Waals surface area contributed by atoms with Gasteiger partial charge in [0.15, 0.2) is 0 Å². The standard InChI is InChI=1S/C22H27BrClN3O2/c1-16-5-3-6-20(17(16)2)26-10-12-27(13-11-26)22(28)25-9-4-14-29-21-8-7-18(23)15-19(21)24/h3,5-8,15H,4,9-14H2,1-2H3,(H,25,28). The van der Waals surface area contributed by atoms with Crippen molar-refractivity contribution in [2.75, 3.05) is 44.2 Å². The normalized spacial score (nSPS) is 14.1. The molecule has 0 aromatic heterocycles. The van der Waals surface area contributed by atoms with E-state index in [0.717, 1.165) is 37.1 Å². The Balaban J connectivity index is 1.37. The zero-order valence-electron chi connectivity index (χ0n) is 16.9. The highest BCUT2D eigenvalue weighted by molar-refractivity contribution is 9.10. The summed E-state index contributed by atoms with van der Waals surface area (Å²) >= 11 is 9.50. The van der Waals surface area contributed by atoms with Gasteiger partial charge in [-0.05, 0) is 55.7 Å². The first-order chi connectivity index (χ1) is 14.0. The summed E-state index contributed by atoms with van der Waals surface area (Å²) in [7, 11) is 0. The van der Waals surface area contributed by atoms with E-state index in [2.05, 4.69) is 58.2 Å². The van der Waals surface area contributed by atoms with Gasteiger partial charge in [0.25, 0.3) is 0 Å². The maximum atomic E-state index is 12.4. The number of rotatable bonds is 6. The van der Waals surface area contributed by atoms with E-state index < -0.39 is 0 Å². The molecule has 0 radical (unpaired) electrons. The Kier molecular flexibility index (Phi) is 7.67. The Labute approximate surface area is 186 Å². The average Bonchev–Trinajstić information content (AvgIpc) is 2.71. The largest absolute Gasteiger partial charge is 0.492 e. The number of nitrogens with zero attached hydrogens (tertiary/aromatic N) is 2. The number of carbonyl (C=O) groups is 1. The van der Waals surface area contributed by atoms with Gasteiger partial charge in [-0.3, -0.25) is 0 Å². The van der Waals surface area contributed by atoms with E-state index in [0.29, 0.717) is 23.9 Å². The van der Waals surface area contributed by atoms with Gasteiger partial charge in [-0.25, -0.2) is 4.79 Å². The van der Waals surface area contributed by atoms with Gasteiger partial charge in [0.1, 0.15) is 5.75 Å². The lowest BCUT2D eigenvalue weighted by Gasteiger charge is -2.37. The number of halogens is 2. The summed E-state index contributed by atoms with van der Waals surface area (Å²) < 4.78 is 6.60. The summed E-state index contributed by atoms with van der Waals surface area (Å²) in [5, 5.41) is 3.56. The van der Waals surface area contributed by atoms with E-state index >= 15 is 0 Å². The first-order valence-corrected chi connectivity index (χ1v) is 11.0. The van der Waals surface area contributed by atoms with Crippen LogP contribution in [0.5, 0.6) is 5.75 Å². The molecule has 0 atom stereocenters. The second-order valence-electron chi connectivity index (χ2n) is 7.20. The fraction of sp³-hybridized carbons (Fsp3) is 0.409. The molecule has 2 amide bonds. The number of carbonyl (C=O) groups excluding carboxylic acids is 1. The lowest BCUT2D eigenvalue weighted by Crippen LogP contribution is -2.52. The van der Waals surface area contributed by atoms with Crippen LogP contribution in [0.25, 0.3) is 0 Å². The molecule has 0 aliphatic carbocycles. The second-order valence-corrected chi connectivity index (χ2v) is 8.52. The average molecular weight is 481 g/mol. The monoisotopic (exact) mass is 479 g/mol. The molecule has 0 spiro atoms. The van der Waals surface area contributed by atoms with E-state index in [9.17, 15) is 4.79 Å². The van der Waals surface area contributed by atoms with Crippen LogP contribution >= 0.6 is 27.5 Å². The van der Waals surface area contributed by atoms with Crippen LogP contribution in [0.1, 0.15) is 17.5 Å². The van der Waals surface area contributed by atoms with Crippen LogP contribution in [0.3, 0.4) is 0 Å². The van der Waals surface area contributed by atoms with Crippen LogP contribution in [0.4, 0.5) is 10.5 Å². The van der Waals surface area contributed by atoms with E-state index in [4.69, 9.17) is 16.3 Å². The molecule has 1 heterocycles. The van der Waals surface area contributed by atoms with Crippen LogP contribution in [0.15, 0.2) is 40.9 Å². The minimum Gasteiger partial charge on any atom is -0.492 e. The van der Waals surface area contributed by atoms with Crippen molar-refractivity contribution in [1.82, 2.24) is 10.2 Å². The molecule has 3 rings (SSSR count). The van der Waals surface area contributed by atoms with Gasteiger partial charge in [0.05, 0.1) is 11.6 Å². The van der Waals surface area contributed by atoms with Gasteiger partial charge < -0.3 is 19.9 Å². The second kappa shape index (κ2) is 10.2. The quantitative estimate of drug-likeness (QED) is 0.591. The van der Waals surface area contributed by atoms with Crippen molar-refractivity contribution in [2.24, 2.45) is 0 Å². The minimum absolute atomic E-state index is 0.00714. The van der Waals surface area contributed by atoms with E-state index in [-0.39, 0.29) is 6.03 Å². The molecule has 29 heavy (non-hydrogen) atoms. The molecular formula is C22H27BrClN3O2. The van der Waals surface area contributed by atoms with E-state index in [1.165, 1.54) is 16.8 Å². The van der Waals surface area contributed by atoms with Crippen molar-refractivity contribution in [3.05, 3.63) is 57.0 Å². The summed E-state index contributed by atoms with van der Waals surface area (Å²) in [4.78, 5) is 16.7. The lowest BCUT2D eigenvalue weighted by molar-refractivity contribution is 0.193. The van der Waals surface area contributed by atoms with Crippen molar-refractivity contribution in [3.8, 4) is 5.75 Å². The fourth-order valence-electron chi connectivity index (χ4n) is 3.38. The SMILES string of the molecule is Cc1cccc(N2CCN(C(=O)NCCCOc3ccc(Br)cc3Cl)CC2)c1C. The van der Waals surface area contributed by atoms with E-state index in [1.54, 1.807) is 6.07 Å². The maximum absolute atomic E-state index is 12.4. The van der Waals surface area contributed by atoms with Gasteiger partial charge in [0, 0.05) is 42.9 Å². The Morgan fingerprint density at radius 1 is 1.17 bits per heavy atom. The molecule has 1 saturated heterocycles. The third-order valence-corrected chi connectivity index (χ3v) is 6.02. The first kappa shape index (κ1) is 21.8. The number of hydrogen-bond donors (Lipinski definition) is 1. The molecule has 1 aliphatic heterocycles. The number of nitrogens with one attached hydrogen (secondary N) is 1. The molecule has 156 valence electrons. The van der Waals surface area contributed by atoms with Crippen LogP contribution < -0.4 is 15.0 Å². The first-order valence-electron chi connectivity index (χ1n) is 9.87. The molecule has 1 aliphatic rings. The number of anilines is 1. The number of amides is 2. The zero-order valence-corrected chi connectivity index (χ0v) is 19.2. The zero-order chi connectivity index (χ0) is 20.8. The van der Waals surface area contributed by atoms with Crippen molar-refractivity contribution < 1.29 is 9.53 Å². The number of urea groups is 1. The summed E-state index contributed by atoms with van der Waals surface area (Å²) in [5.41, 5.74) is 3.89. The van der Waals surface area contributed by atoms with Gasteiger partial charge in [-0.2, -0.15) is 0 Å². The molecule has 2 aromatic carbocycles. The number of hydrogen-bond acceptors (Lipinski definition) is 3. The predicted octanol–water partition coefficient (Wildman–Crippen LogP) is 5.02. The van der Waals surface area contributed by atoms with E-state index in [1.807, 2.05) is 17.0 Å². The lowest BCUT2D eigenvalue weighted by atomic mass is 10.1. The van der Waals surface area contributed by atoms with Crippen LogP contribution in [0.2, 0.25) is 5.02 Å². The van der Waals surface area contributed by atoms with Gasteiger partial charge in [0.2, 0.25) is 0 Å².